The van der Waals surface area contributed by atoms with Crippen LogP contribution in [0.2, 0.25) is 0 Å². The lowest BCUT2D eigenvalue weighted by atomic mass is 10.1. The molecule has 0 aliphatic heterocycles. The van der Waals surface area contributed by atoms with E-state index in [4.69, 9.17) is 0 Å². The van der Waals surface area contributed by atoms with Crippen LogP contribution in [0.25, 0.3) is 0 Å². The molecule has 0 saturated heterocycles. The van der Waals surface area contributed by atoms with E-state index >= 15 is 0 Å². The molecule has 0 heterocycles. The normalized spacial score (nSPS) is 10.3. The van der Waals surface area contributed by atoms with E-state index in [2.05, 4.69) is 15.9 Å². The molecule has 20 heavy (non-hydrogen) atoms. The molecule has 2 aromatic rings. The van der Waals surface area contributed by atoms with Crippen LogP contribution in [-0.2, 0) is 0 Å². The lowest BCUT2D eigenvalue weighted by Gasteiger charge is -2.05. The number of ketones is 1. The van der Waals surface area contributed by atoms with Gasteiger partial charge in [0.1, 0.15) is 0 Å². The van der Waals surface area contributed by atoms with Gasteiger partial charge in [0.2, 0.25) is 0 Å². The van der Waals surface area contributed by atoms with Gasteiger partial charge in [0, 0.05) is 20.3 Å². The minimum absolute atomic E-state index is 0.131. The molecule has 0 amide bonds. The van der Waals surface area contributed by atoms with Gasteiger partial charge in [-0.15, -0.1) is 0 Å². The third-order valence-electron chi connectivity index (χ3n) is 2.61. The summed E-state index contributed by atoms with van der Waals surface area (Å²) in [6.45, 7) is 1.32. The second-order valence-corrected chi connectivity index (χ2v) is 5.99. The highest BCUT2D eigenvalue weighted by atomic mass is 79.9. The SMILES string of the molecule is CC(=O)c1ccc(Sc2ccccc2Br)cc1[N+](=O)[O-]. The highest BCUT2D eigenvalue weighted by molar-refractivity contribution is 9.10. The van der Waals surface area contributed by atoms with Crippen molar-refractivity contribution in [2.45, 2.75) is 16.7 Å². The van der Waals surface area contributed by atoms with E-state index in [1.54, 1.807) is 6.07 Å². The summed E-state index contributed by atoms with van der Waals surface area (Å²) < 4.78 is 0.920. The van der Waals surface area contributed by atoms with Crippen molar-refractivity contribution in [2.24, 2.45) is 0 Å². The number of carbonyl (C=O) groups excluding carboxylic acids is 1. The molecule has 0 saturated carbocycles. The number of nitro groups is 1. The Labute approximate surface area is 128 Å². The van der Waals surface area contributed by atoms with Gasteiger partial charge in [0.25, 0.3) is 5.69 Å². The maximum absolute atomic E-state index is 11.4. The predicted molar refractivity (Wildman–Crippen MR) is 81.4 cm³/mol. The molecule has 0 spiro atoms. The number of hydrogen-bond donors (Lipinski definition) is 0. The van der Waals surface area contributed by atoms with Crippen LogP contribution in [0, 0.1) is 10.1 Å². The third-order valence-corrected chi connectivity index (χ3v) is 4.63. The van der Waals surface area contributed by atoms with Crippen molar-refractivity contribution in [3.05, 3.63) is 62.6 Å². The quantitative estimate of drug-likeness (QED) is 0.454. The molecule has 6 heteroatoms. The molecule has 0 radical (unpaired) electrons. The largest absolute Gasteiger partial charge is 0.294 e. The average Bonchev–Trinajstić information content (AvgIpc) is 2.41. The summed E-state index contributed by atoms with van der Waals surface area (Å²) in [5, 5.41) is 11.0. The van der Waals surface area contributed by atoms with Crippen molar-refractivity contribution < 1.29 is 9.72 Å². The van der Waals surface area contributed by atoms with Crippen molar-refractivity contribution in [3.8, 4) is 0 Å². The Bertz CT molecular complexity index is 688. The van der Waals surface area contributed by atoms with Crippen LogP contribution in [0.3, 0.4) is 0 Å². The van der Waals surface area contributed by atoms with E-state index < -0.39 is 4.92 Å². The summed E-state index contributed by atoms with van der Waals surface area (Å²) in [7, 11) is 0. The number of benzene rings is 2. The number of hydrogen-bond acceptors (Lipinski definition) is 4. The number of rotatable bonds is 4. The average molecular weight is 352 g/mol. The summed E-state index contributed by atoms with van der Waals surface area (Å²) in [6, 6.07) is 12.3. The van der Waals surface area contributed by atoms with E-state index in [-0.39, 0.29) is 17.0 Å². The van der Waals surface area contributed by atoms with Crippen LogP contribution >= 0.6 is 27.7 Å². The van der Waals surface area contributed by atoms with E-state index in [1.807, 2.05) is 24.3 Å². The van der Waals surface area contributed by atoms with Crippen LogP contribution in [0.5, 0.6) is 0 Å². The molecule has 2 aromatic carbocycles. The molecule has 0 N–H and O–H groups in total. The minimum Gasteiger partial charge on any atom is -0.294 e. The second-order valence-electron chi connectivity index (χ2n) is 4.02. The van der Waals surface area contributed by atoms with Gasteiger partial charge < -0.3 is 0 Å². The van der Waals surface area contributed by atoms with Gasteiger partial charge in [0.05, 0.1) is 10.5 Å². The summed E-state index contributed by atoms with van der Waals surface area (Å²) in [5.41, 5.74) is -0.0268. The van der Waals surface area contributed by atoms with Crippen LogP contribution in [0.4, 0.5) is 5.69 Å². The van der Waals surface area contributed by atoms with Gasteiger partial charge >= 0.3 is 0 Å². The molecule has 0 bridgehead atoms. The number of nitro benzene ring substituents is 1. The molecule has 0 aliphatic carbocycles. The van der Waals surface area contributed by atoms with E-state index in [0.717, 1.165) is 9.37 Å². The summed E-state index contributed by atoms with van der Waals surface area (Å²) in [5.74, 6) is -0.311. The lowest BCUT2D eigenvalue weighted by molar-refractivity contribution is -0.385. The minimum atomic E-state index is -0.527. The van der Waals surface area contributed by atoms with Crippen LogP contribution in [0.1, 0.15) is 17.3 Å². The number of halogens is 1. The monoisotopic (exact) mass is 351 g/mol. The standard InChI is InChI=1S/C14H10BrNO3S/c1-9(17)11-7-6-10(8-13(11)16(18)19)20-14-5-3-2-4-12(14)15/h2-8H,1H3. The van der Waals surface area contributed by atoms with E-state index in [1.165, 1.54) is 30.8 Å². The van der Waals surface area contributed by atoms with Crippen molar-refractivity contribution in [2.75, 3.05) is 0 Å². The molecular formula is C14H10BrNO3S. The van der Waals surface area contributed by atoms with E-state index in [9.17, 15) is 14.9 Å². The van der Waals surface area contributed by atoms with Crippen LogP contribution in [-0.4, -0.2) is 10.7 Å². The number of nitrogens with zero attached hydrogens (tertiary/aromatic N) is 1. The maximum atomic E-state index is 11.4. The summed E-state index contributed by atoms with van der Waals surface area (Å²) >= 11 is 4.83. The van der Waals surface area contributed by atoms with Gasteiger partial charge in [-0.1, -0.05) is 23.9 Å². The predicted octanol–water partition coefficient (Wildman–Crippen LogP) is 4.71. The summed E-state index contributed by atoms with van der Waals surface area (Å²) in [4.78, 5) is 23.6. The van der Waals surface area contributed by atoms with Crippen LogP contribution in [0.15, 0.2) is 56.7 Å². The Morgan fingerprint density at radius 2 is 1.95 bits per heavy atom. The molecular weight excluding hydrogens is 342 g/mol. The van der Waals surface area contributed by atoms with Crippen molar-refractivity contribution in [1.82, 2.24) is 0 Å². The molecule has 102 valence electrons. The highest BCUT2D eigenvalue weighted by Gasteiger charge is 2.18. The van der Waals surface area contributed by atoms with Gasteiger partial charge in [-0.2, -0.15) is 0 Å². The highest BCUT2D eigenvalue weighted by Crippen LogP contribution is 2.35. The molecule has 0 atom stereocenters. The Morgan fingerprint density at radius 1 is 1.25 bits per heavy atom. The maximum Gasteiger partial charge on any atom is 0.281 e. The van der Waals surface area contributed by atoms with Gasteiger partial charge in [0.15, 0.2) is 5.78 Å². The molecule has 0 fully saturated rings. The van der Waals surface area contributed by atoms with Crippen LogP contribution < -0.4 is 0 Å². The Balaban J connectivity index is 2.40. The Morgan fingerprint density at radius 3 is 2.55 bits per heavy atom. The van der Waals surface area contributed by atoms with E-state index in [0.29, 0.717) is 4.90 Å². The fourth-order valence-electron chi connectivity index (χ4n) is 1.68. The second kappa shape index (κ2) is 6.19. The van der Waals surface area contributed by atoms with Crippen molar-refractivity contribution in [1.29, 1.82) is 0 Å². The fraction of sp³-hybridized carbons (Fsp3) is 0.0714. The number of Topliss-reactive ketones (excluding diaryl/α,β-unsaturated/α-hetero) is 1. The fourth-order valence-corrected chi connectivity index (χ4v) is 3.08. The van der Waals surface area contributed by atoms with Gasteiger partial charge in [-0.3, -0.25) is 14.9 Å². The third kappa shape index (κ3) is 3.26. The number of carbonyl (C=O) groups is 1. The first-order chi connectivity index (χ1) is 9.49. The first-order valence-electron chi connectivity index (χ1n) is 5.71. The first-order valence-corrected chi connectivity index (χ1v) is 7.31. The van der Waals surface area contributed by atoms with Gasteiger partial charge in [-0.05, 0) is 47.1 Å². The Hall–Kier alpha value is -1.66. The first kappa shape index (κ1) is 14.7. The molecule has 2 rings (SSSR count). The molecule has 0 aliphatic rings. The zero-order chi connectivity index (χ0) is 14.7. The Kier molecular flexibility index (Phi) is 4.57. The molecule has 0 unspecified atom stereocenters. The van der Waals surface area contributed by atoms with Gasteiger partial charge in [-0.25, -0.2) is 0 Å². The van der Waals surface area contributed by atoms with Crippen molar-refractivity contribution >= 4 is 39.2 Å². The topological polar surface area (TPSA) is 60.2 Å². The molecule has 4 nitrogen and oxygen atoms in total. The zero-order valence-electron chi connectivity index (χ0n) is 10.5. The zero-order valence-corrected chi connectivity index (χ0v) is 12.9. The molecule has 0 aromatic heterocycles. The smallest absolute Gasteiger partial charge is 0.281 e. The summed E-state index contributed by atoms with van der Waals surface area (Å²) in [6.07, 6.45) is 0. The lowest BCUT2D eigenvalue weighted by Crippen LogP contribution is -2.00. The van der Waals surface area contributed by atoms with Crippen molar-refractivity contribution in [3.63, 3.8) is 0 Å².